The van der Waals surface area contributed by atoms with Crippen LogP contribution in [0.1, 0.15) is 18.4 Å². The number of rotatable bonds is 8. The summed E-state index contributed by atoms with van der Waals surface area (Å²) < 4.78 is 30.0. The predicted molar refractivity (Wildman–Crippen MR) is 127 cm³/mol. The summed E-state index contributed by atoms with van der Waals surface area (Å²) in [4.78, 5) is 15.0. The molecule has 1 saturated carbocycles. The van der Waals surface area contributed by atoms with Gasteiger partial charge < -0.3 is 4.90 Å². The first-order chi connectivity index (χ1) is 16.6. The van der Waals surface area contributed by atoms with Gasteiger partial charge >= 0.3 is 0 Å². The molecule has 1 aliphatic carbocycles. The van der Waals surface area contributed by atoms with Gasteiger partial charge in [-0.2, -0.15) is 0 Å². The van der Waals surface area contributed by atoms with Crippen LogP contribution in [-0.4, -0.2) is 37.4 Å². The Kier molecular flexibility index (Phi) is 6.40. The second-order valence-corrected chi connectivity index (χ2v) is 9.07. The maximum atomic E-state index is 14.6. The largest absolute Gasteiger partial charge is 0.335 e. The summed E-state index contributed by atoms with van der Waals surface area (Å²) in [7, 11) is 0. The number of hydrogen-bond donors (Lipinski definition) is 0. The van der Waals surface area contributed by atoms with Crippen molar-refractivity contribution in [3.8, 4) is 17.1 Å². The number of para-hydroxylation sites is 1. The number of nitrogens with zero attached hydrogens (tertiary/aromatic N) is 4. The van der Waals surface area contributed by atoms with E-state index in [9.17, 15) is 13.6 Å². The second-order valence-electron chi connectivity index (χ2n) is 8.13. The molecule has 5 nitrogen and oxygen atoms in total. The van der Waals surface area contributed by atoms with Gasteiger partial charge in [-0.3, -0.25) is 9.36 Å². The summed E-state index contributed by atoms with van der Waals surface area (Å²) in [6.07, 6.45) is 1.90. The van der Waals surface area contributed by atoms with E-state index in [2.05, 4.69) is 10.2 Å². The van der Waals surface area contributed by atoms with Crippen LogP contribution in [0, 0.1) is 11.6 Å². The fourth-order valence-electron chi connectivity index (χ4n) is 3.84. The number of amides is 1. The Labute approximate surface area is 200 Å². The fourth-order valence-corrected chi connectivity index (χ4v) is 4.68. The minimum atomic E-state index is -0.394. The van der Waals surface area contributed by atoms with Gasteiger partial charge in [-0.25, -0.2) is 8.78 Å². The summed E-state index contributed by atoms with van der Waals surface area (Å²) in [5.74, 6) is -0.236. The van der Waals surface area contributed by atoms with Crippen LogP contribution in [-0.2, 0) is 11.3 Å². The molecule has 3 aromatic carbocycles. The third kappa shape index (κ3) is 4.87. The first-order valence-electron chi connectivity index (χ1n) is 11.0. The first kappa shape index (κ1) is 22.3. The highest BCUT2D eigenvalue weighted by molar-refractivity contribution is 7.99. The Morgan fingerprint density at radius 3 is 2.47 bits per heavy atom. The van der Waals surface area contributed by atoms with Crippen LogP contribution in [0.3, 0.4) is 0 Å². The minimum Gasteiger partial charge on any atom is -0.335 e. The van der Waals surface area contributed by atoms with Gasteiger partial charge in [0, 0.05) is 18.3 Å². The normalized spacial score (nSPS) is 13.1. The number of carbonyl (C=O) groups is 1. The average Bonchev–Trinajstić information content (AvgIpc) is 3.61. The van der Waals surface area contributed by atoms with E-state index in [1.165, 1.54) is 30.0 Å². The van der Waals surface area contributed by atoms with Crippen molar-refractivity contribution in [2.24, 2.45) is 0 Å². The summed E-state index contributed by atoms with van der Waals surface area (Å²) in [5.41, 5.74) is 1.88. The molecule has 1 amide bonds. The molecule has 8 heteroatoms. The highest BCUT2D eigenvalue weighted by atomic mass is 32.2. The lowest BCUT2D eigenvalue weighted by molar-refractivity contribution is -0.129. The van der Waals surface area contributed by atoms with Gasteiger partial charge in [0.05, 0.1) is 11.3 Å². The maximum absolute atomic E-state index is 14.6. The summed E-state index contributed by atoms with van der Waals surface area (Å²) in [5, 5.41) is 9.04. The molecule has 0 spiro atoms. The quantitative estimate of drug-likeness (QED) is 0.315. The monoisotopic (exact) mass is 476 g/mol. The average molecular weight is 477 g/mol. The Balaban J connectivity index is 1.40. The number of thioether (sulfide) groups is 1. The molecule has 4 aromatic rings. The van der Waals surface area contributed by atoms with E-state index in [4.69, 9.17) is 0 Å². The molecule has 0 atom stereocenters. The summed E-state index contributed by atoms with van der Waals surface area (Å²) in [6.45, 7) is 0.369. The molecule has 0 radical (unpaired) electrons. The van der Waals surface area contributed by atoms with Gasteiger partial charge in [-0.05, 0) is 54.8 Å². The Bertz CT molecular complexity index is 1310. The fraction of sp³-hybridized carbons (Fsp3) is 0.192. The second kappa shape index (κ2) is 9.77. The van der Waals surface area contributed by atoms with Crippen LogP contribution in [0.5, 0.6) is 0 Å². The zero-order chi connectivity index (χ0) is 23.5. The molecule has 0 unspecified atom stereocenters. The van der Waals surface area contributed by atoms with Crippen molar-refractivity contribution in [1.82, 2.24) is 19.7 Å². The van der Waals surface area contributed by atoms with E-state index >= 15 is 0 Å². The van der Waals surface area contributed by atoms with Crippen molar-refractivity contribution < 1.29 is 13.6 Å². The number of benzene rings is 3. The van der Waals surface area contributed by atoms with Gasteiger partial charge in [0.1, 0.15) is 11.6 Å². The van der Waals surface area contributed by atoms with Crippen molar-refractivity contribution in [2.45, 2.75) is 30.6 Å². The summed E-state index contributed by atoms with van der Waals surface area (Å²) >= 11 is 1.26. The third-order valence-corrected chi connectivity index (χ3v) is 6.55. The SMILES string of the molecule is O=C(CSc1nnc(-c2ccccc2F)n1-c1ccccc1)N(Cc1cccc(F)c1)C1CC1. The molecule has 1 aliphatic rings. The lowest BCUT2D eigenvalue weighted by Gasteiger charge is -2.22. The molecule has 1 aromatic heterocycles. The molecule has 0 N–H and O–H groups in total. The first-order valence-corrected chi connectivity index (χ1v) is 12.0. The maximum Gasteiger partial charge on any atom is 0.233 e. The van der Waals surface area contributed by atoms with Gasteiger partial charge in [-0.15, -0.1) is 10.2 Å². The molecule has 172 valence electrons. The van der Waals surface area contributed by atoms with Gasteiger partial charge in [0.2, 0.25) is 5.91 Å². The Morgan fingerprint density at radius 2 is 1.74 bits per heavy atom. The molecular formula is C26H22F2N4OS. The van der Waals surface area contributed by atoms with E-state index < -0.39 is 5.82 Å². The standard InChI is InChI=1S/C26H22F2N4OS/c27-19-8-6-7-18(15-19)16-31(20-13-14-20)24(33)17-34-26-30-29-25(22-11-4-5-12-23(22)28)32(26)21-9-2-1-3-10-21/h1-12,15,20H,13-14,16-17H2. The van der Waals surface area contributed by atoms with E-state index in [-0.39, 0.29) is 23.5 Å². The van der Waals surface area contributed by atoms with Crippen LogP contribution < -0.4 is 0 Å². The molecule has 0 bridgehead atoms. The van der Waals surface area contributed by atoms with E-state index in [0.717, 1.165) is 24.1 Å². The van der Waals surface area contributed by atoms with Crippen LogP contribution in [0.2, 0.25) is 0 Å². The number of aromatic nitrogens is 3. The topological polar surface area (TPSA) is 51.0 Å². The van der Waals surface area contributed by atoms with Crippen LogP contribution in [0.4, 0.5) is 8.78 Å². The van der Waals surface area contributed by atoms with Crippen LogP contribution in [0.25, 0.3) is 17.1 Å². The molecule has 0 aliphatic heterocycles. The predicted octanol–water partition coefficient (Wildman–Crippen LogP) is 5.50. The smallest absolute Gasteiger partial charge is 0.233 e. The lowest BCUT2D eigenvalue weighted by atomic mass is 10.2. The van der Waals surface area contributed by atoms with Crippen molar-refractivity contribution in [1.29, 1.82) is 0 Å². The minimum absolute atomic E-state index is 0.0492. The van der Waals surface area contributed by atoms with Gasteiger partial charge in [0.25, 0.3) is 0 Å². The summed E-state index contributed by atoms with van der Waals surface area (Å²) in [6, 6.07) is 22.4. The molecule has 1 fully saturated rings. The third-order valence-electron chi connectivity index (χ3n) is 5.64. The molecule has 5 rings (SSSR count). The number of carbonyl (C=O) groups excluding carboxylic acids is 1. The van der Waals surface area contributed by atoms with Crippen molar-refractivity contribution in [2.75, 3.05) is 5.75 Å². The highest BCUT2D eigenvalue weighted by Crippen LogP contribution is 2.32. The van der Waals surface area contributed by atoms with Gasteiger partial charge in [0.15, 0.2) is 11.0 Å². The Morgan fingerprint density at radius 1 is 0.971 bits per heavy atom. The molecule has 0 saturated heterocycles. The number of hydrogen-bond acceptors (Lipinski definition) is 4. The lowest BCUT2D eigenvalue weighted by Crippen LogP contribution is -2.34. The van der Waals surface area contributed by atoms with Crippen LogP contribution >= 0.6 is 11.8 Å². The molecule has 1 heterocycles. The van der Waals surface area contributed by atoms with E-state index in [0.29, 0.717) is 23.1 Å². The zero-order valence-corrected chi connectivity index (χ0v) is 19.1. The van der Waals surface area contributed by atoms with Crippen molar-refractivity contribution in [3.05, 3.63) is 96.1 Å². The highest BCUT2D eigenvalue weighted by Gasteiger charge is 2.33. The van der Waals surface area contributed by atoms with Crippen molar-refractivity contribution in [3.63, 3.8) is 0 Å². The van der Waals surface area contributed by atoms with Crippen molar-refractivity contribution >= 4 is 17.7 Å². The zero-order valence-electron chi connectivity index (χ0n) is 18.3. The van der Waals surface area contributed by atoms with E-state index in [1.807, 2.05) is 41.3 Å². The Hall–Kier alpha value is -3.52. The van der Waals surface area contributed by atoms with Gasteiger partial charge in [-0.1, -0.05) is 54.2 Å². The number of halogens is 2. The molecule has 34 heavy (non-hydrogen) atoms. The molecular weight excluding hydrogens is 454 g/mol. The van der Waals surface area contributed by atoms with Crippen LogP contribution in [0.15, 0.2) is 84.0 Å². The van der Waals surface area contributed by atoms with E-state index in [1.54, 1.807) is 28.8 Å².